The summed E-state index contributed by atoms with van der Waals surface area (Å²) in [6, 6.07) is 9.05. The Morgan fingerprint density at radius 3 is 2.29 bits per heavy atom. The molecule has 1 aliphatic rings. The fourth-order valence-electron chi connectivity index (χ4n) is 3.00. The topological polar surface area (TPSA) is 61.2 Å². The van der Waals surface area contributed by atoms with E-state index in [1.165, 1.54) is 18.6 Å². The van der Waals surface area contributed by atoms with Gasteiger partial charge in [0, 0.05) is 18.6 Å². The molecule has 0 aromatic heterocycles. The van der Waals surface area contributed by atoms with Gasteiger partial charge in [0.2, 0.25) is 0 Å². The molecule has 2 rings (SSSR count). The van der Waals surface area contributed by atoms with Gasteiger partial charge in [-0.1, -0.05) is 6.42 Å². The fraction of sp³-hybridized carbons (Fsp3) is 0.562. The van der Waals surface area contributed by atoms with Gasteiger partial charge in [0.05, 0.1) is 22.3 Å². The molecule has 2 atom stereocenters. The van der Waals surface area contributed by atoms with Gasteiger partial charge in [-0.3, -0.25) is 4.90 Å². The summed E-state index contributed by atoms with van der Waals surface area (Å²) in [5.74, 6) is 0.133. The van der Waals surface area contributed by atoms with Gasteiger partial charge in [-0.2, -0.15) is 5.26 Å². The number of nitriles is 1. The van der Waals surface area contributed by atoms with E-state index >= 15 is 0 Å². The number of piperidine rings is 1. The second kappa shape index (κ2) is 6.59. The lowest BCUT2D eigenvalue weighted by molar-refractivity contribution is 0.111. The van der Waals surface area contributed by atoms with Crippen LogP contribution in [-0.4, -0.2) is 37.7 Å². The van der Waals surface area contributed by atoms with Crippen LogP contribution < -0.4 is 0 Å². The molecule has 114 valence electrons. The number of sulfone groups is 1. The van der Waals surface area contributed by atoms with Crippen LogP contribution in [0.5, 0.6) is 0 Å². The van der Waals surface area contributed by atoms with Crippen LogP contribution in [0.2, 0.25) is 0 Å². The third-order valence-electron chi connectivity index (χ3n) is 4.34. The predicted octanol–water partition coefficient (Wildman–Crippen LogP) is 2.59. The van der Waals surface area contributed by atoms with Gasteiger partial charge < -0.3 is 0 Å². The Kier molecular flexibility index (Phi) is 5.02. The molecule has 1 aliphatic heterocycles. The first-order valence-corrected chi connectivity index (χ1v) is 9.08. The smallest absolute Gasteiger partial charge is 0.179 e. The van der Waals surface area contributed by atoms with E-state index in [1.54, 1.807) is 12.1 Å². The lowest BCUT2D eigenvalue weighted by atomic mass is 9.98. The summed E-state index contributed by atoms with van der Waals surface area (Å²) in [5.41, 5.74) is 0.479. The monoisotopic (exact) mass is 306 g/mol. The quantitative estimate of drug-likeness (QED) is 0.858. The highest BCUT2D eigenvalue weighted by Crippen LogP contribution is 2.23. The van der Waals surface area contributed by atoms with E-state index in [9.17, 15) is 8.42 Å². The normalized spacial score (nSPS) is 23.7. The number of hydrogen-bond acceptors (Lipinski definition) is 4. The van der Waals surface area contributed by atoms with Crippen molar-refractivity contribution >= 4 is 9.84 Å². The van der Waals surface area contributed by atoms with Crippen LogP contribution >= 0.6 is 0 Å². The first-order valence-electron chi connectivity index (χ1n) is 7.42. The minimum Gasteiger partial charge on any atom is -0.297 e. The lowest BCUT2D eigenvalue weighted by Gasteiger charge is -2.38. The first kappa shape index (κ1) is 16.0. The van der Waals surface area contributed by atoms with Gasteiger partial charge in [-0.05, 0) is 51.0 Å². The maximum absolute atomic E-state index is 12.4. The van der Waals surface area contributed by atoms with E-state index in [1.807, 2.05) is 6.07 Å². The van der Waals surface area contributed by atoms with E-state index < -0.39 is 9.84 Å². The van der Waals surface area contributed by atoms with Gasteiger partial charge in [0.25, 0.3) is 0 Å². The maximum Gasteiger partial charge on any atom is 0.179 e. The molecule has 1 aromatic carbocycles. The van der Waals surface area contributed by atoms with Crippen LogP contribution in [0.3, 0.4) is 0 Å². The van der Waals surface area contributed by atoms with Crippen LogP contribution in [0.25, 0.3) is 0 Å². The van der Waals surface area contributed by atoms with Crippen LogP contribution in [0, 0.1) is 11.3 Å². The minimum absolute atomic E-state index is 0.133. The predicted molar refractivity (Wildman–Crippen MR) is 82.7 cm³/mol. The van der Waals surface area contributed by atoms with Crippen molar-refractivity contribution in [2.75, 3.05) is 12.3 Å². The molecule has 0 saturated carbocycles. The third-order valence-corrected chi connectivity index (χ3v) is 6.05. The average Bonchev–Trinajstić information content (AvgIpc) is 2.47. The number of nitrogens with zero attached hydrogens (tertiary/aromatic N) is 2. The zero-order chi connectivity index (χ0) is 15.5. The van der Waals surface area contributed by atoms with Crippen LogP contribution in [-0.2, 0) is 9.84 Å². The largest absolute Gasteiger partial charge is 0.297 e. The number of rotatable bonds is 4. The summed E-state index contributed by atoms with van der Waals surface area (Å²) in [5, 5.41) is 8.76. The van der Waals surface area contributed by atoms with Crippen molar-refractivity contribution in [2.45, 2.75) is 50.1 Å². The number of benzene rings is 1. The van der Waals surface area contributed by atoms with Crippen molar-refractivity contribution in [1.82, 2.24) is 4.90 Å². The Hall–Kier alpha value is -1.38. The molecular formula is C16H22N2O2S. The molecule has 1 heterocycles. The standard InChI is InChI=1S/C16H22N2O2S/c1-13-4-3-5-14(2)18(13)10-11-21(19,20)16-8-6-15(12-17)7-9-16/h6-9,13-14H,3-5,10-11H2,1-2H3. The molecule has 0 spiro atoms. The molecule has 0 aliphatic carbocycles. The first-order chi connectivity index (χ1) is 9.94. The molecule has 1 saturated heterocycles. The Labute approximate surface area is 127 Å². The van der Waals surface area contributed by atoms with Crippen LogP contribution in [0.4, 0.5) is 0 Å². The summed E-state index contributed by atoms with van der Waals surface area (Å²) < 4.78 is 24.8. The zero-order valence-electron chi connectivity index (χ0n) is 12.6. The van der Waals surface area contributed by atoms with E-state index in [4.69, 9.17) is 5.26 Å². The van der Waals surface area contributed by atoms with E-state index in [-0.39, 0.29) is 5.75 Å². The molecule has 0 amide bonds. The fourth-order valence-corrected chi connectivity index (χ4v) is 4.23. The molecule has 1 fully saturated rings. The van der Waals surface area contributed by atoms with E-state index in [2.05, 4.69) is 18.7 Å². The SMILES string of the molecule is CC1CCCC(C)N1CCS(=O)(=O)c1ccc(C#N)cc1. The highest BCUT2D eigenvalue weighted by molar-refractivity contribution is 7.91. The van der Waals surface area contributed by atoms with Crippen molar-refractivity contribution < 1.29 is 8.42 Å². The van der Waals surface area contributed by atoms with Gasteiger partial charge in [0.1, 0.15) is 0 Å². The van der Waals surface area contributed by atoms with Crippen molar-refractivity contribution in [3.63, 3.8) is 0 Å². The van der Waals surface area contributed by atoms with Gasteiger partial charge >= 0.3 is 0 Å². The van der Waals surface area contributed by atoms with Gasteiger partial charge in [-0.15, -0.1) is 0 Å². The molecule has 2 unspecified atom stereocenters. The molecular weight excluding hydrogens is 284 g/mol. The summed E-state index contributed by atoms with van der Waals surface area (Å²) >= 11 is 0. The minimum atomic E-state index is -3.28. The average molecular weight is 306 g/mol. The molecule has 1 aromatic rings. The Morgan fingerprint density at radius 1 is 1.19 bits per heavy atom. The second-order valence-electron chi connectivity index (χ2n) is 5.82. The van der Waals surface area contributed by atoms with Crippen molar-refractivity contribution in [2.24, 2.45) is 0 Å². The third kappa shape index (κ3) is 3.84. The van der Waals surface area contributed by atoms with Crippen molar-refractivity contribution in [1.29, 1.82) is 5.26 Å². The Bertz CT molecular complexity index is 607. The van der Waals surface area contributed by atoms with Crippen molar-refractivity contribution in [3.05, 3.63) is 29.8 Å². The van der Waals surface area contributed by atoms with Gasteiger partial charge in [0.15, 0.2) is 9.84 Å². The zero-order valence-corrected chi connectivity index (χ0v) is 13.4. The molecule has 4 nitrogen and oxygen atoms in total. The Balaban J connectivity index is 2.05. The second-order valence-corrected chi connectivity index (χ2v) is 7.93. The molecule has 0 radical (unpaired) electrons. The number of likely N-dealkylation sites (tertiary alicyclic amines) is 1. The molecule has 5 heteroatoms. The van der Waals surface area contributed by atoms with Crippen molar-refractivity contribution in [3.8, 4) is 6.07 Å². The summed E-state index contributed by atoms with van der Waals surface area (Å²) in [4.78, 5) is 2.60. The van der Waals surface area contributed by atoms with E-state index in [0.717, 1.165) is 12.8 Å². The molecule has 0 N–H and O–H groups in total. The molecule has 0 bridgehead atoms. The maximum atomic E-state index is 12.4. The molecule has 21 heavy (non-hydrogen) atoms. The Morgan fingerprint density at radius 2 is 1.76 bits per heavy atom. The van der Waals surface area contributed by atoms with Crippen LogP contribution in [0.15, 0.2) is 29.2 Å². The highest BCUT2D eigenvalue weighted by atomic mass is 32.2. The van der Waals surface area contributed by atoms with Gasteiger partial charge in [-0.25, -0.2) is 8.42 Å². The summed E-state index contributed by atoms with van der Waals surface area (Å²) in [6.45, 7) is 4.92. The number of hydrogen-bond donors (Lipinski definition) is 0. The van der Waals surface area contributed by atoms with Crippen LogP contribution in [0.1, 0.15) is 38.7 Å². The highest BCUT2D eigenvalue weighted by Gasteiger charge is 2.26. The lowest BCUT2D eigenvalue weighted by Crippen LogP contribution is -2.45. The summed E-state index contributed by atoms with van der Waals surface area (Å²) in [6.07, 6.45) is 3.50. The van der Waals surface area contributed by atoms with E-state index in [0.29, 0.717) is 29.1 Å². The summed E-state index contributed by atoms with van der Waals surface area (Å²) in [7, 11) is -3.28.